The van der Waals surface area contributed by atoms with Gasteiger partial charge in [-0.1, -0.05) is 12.1 Å². The zero-order valence-electron chi connectivity index (χ0n) is 18.1. The molecule has 1 aromatic carbocycles. The summed E-state index contributed by atoms with van der Waals surface area (Å²) in [6.07, 6.45) is 5.59. The molecular weight excluding hydrogens is 392 g/mol. The minimum atomic E-state index is -0.0625. The molecule has 5 rings (SSSR count). The molecule has 7 heteroatoms. The minimum Gasteiger partial charge on any atom is -0.491 e. The van der Waals surface area contributed by atoms with Gasteiger partial charge >= 0.3 is 0 Å². The lowest BCUT2D eigenvalue weighted by Gasteiger charge is -2.36. The van der Waals surface area contributed by atoms with Gasteiger partial charge in [-0.2, -0.15) is 0 Å². The number of nitrogens with zero attached hydrogens (tertiary/aromatic N) is 3. The van der Waals surface area contributed by atoms with Gasteiger partial charge in [-0.05, 0) is 63.6 Å². The van der Waals surface area contributed by atoms with E-state index >= 15 is 0 Å². The van der Waals surface area contributed by atoms with Gasteiger partial charge in [0.1, 0.15) is 30.1 Å². The summed E-state index contributed by atoms with van der Waals surface area (Å²) in [5, 5.41) is 10.3. The van der Waals surface area contributed by atoms with Crippen molar-refractivity contribution in [1.82, 2.24) is 14.5 Å². The van der Waals surface area contributed by atoms with E-state index < -0.39 is 0 Å². The summed E-state index contributed by atoms with van der Waals surface area (Å²) in [5.74, 6) is 1.65. The fourth-order valence-corrected chi connectivity index (χ4v) is 4.83. The van der Waals surface area contributed by atoms with E-state index in [9.17, 15) is 5.11 Å². The first-order valence-corrected chi connectivity index (χ1v) is 11.1. The molecule has 0 amide bonds. The van der Waals surface area contributed by atoms with E-state index in [1.54, 1.807) is 0 Å². The van der Waals surface area contributed by atoms with Gasteiger partial charge in [0.2, 0.25) is 0 Å². The summed E-state index contributed by atoms with van der Waals surface area (Å²) in [7, 11) is 0. The van der Waals surface area contributed by atoms with Crippen molar-refractivity contribution in [3.05, 3.63) is 36.7 Å². The van der Waals surface area contributed by atoms with Crippen LogP contribution in [0.15, 0.2) is 36.7 Å². The highest BCUT2D eigenvalue weighted by atomic mass is 16.6. The Labute approximate surface area is 182 Å². The molecule has 3 N–H and O–H groups in total. The van der Waals surface area contributed by atoms with Crippen LogP contribution in [0.2, 0.25) is 0 Å². The Kier molecular flexibility index (Phi) is 5.10. The average Bonchev–Trinajstić information content (AvgIpc) is 3.27. The molecule has 3 heterocycles. The number of anilines is 1. The Morgan fingerprint density at radius 3 is 2.84 bits per heavy atom. The number of rotatable bonds is 6. The summed E-state index contributed by atoms with van der Waals surface area (Å²) >= 11 is 0. The van der Waals surface area contributed by atoms with Crippen LogP contribution in [0.1, 0.15) is 45.6 Å². The number of nitrogen functional groups attached to an aromatic ring is 1. The quantitative estimate of drug-likeness (QED) is 0.624. The maximum atomic E-state index is 9.48. The molecule has 2 aliphatic rings. The number of hydrogen-bond acceptors (Lipinski definition) is 6. The Balaban J connectivity index is 1.44. The van der Waals surface area contributed by atoms with E-state index in [2.05, 4.69) is 46.6 Å². The molecule has 1 saturated carbocycles. The Hall–Kier alpha value is -2.64. The Bertz CT molecular complexity index is 1090. The third kappa shape index (κ3) is 3.88. The van der Waals surface area contributed by atoms with Crippen LogP contribution >= 0.6 is 0 Å². The maximum Gasteiger partial charge on any atom is 0.146 e. The normalized spacial score (nSPS) is 24.9. The maximum absolute atomic E-state index is 9.48. The van der Waals surface area contributed by atoms with Crippen molar-refractivity contribution in [2.24, 2.45) is 5.92 Å². The van der Waals surface area contributed by atoms with Gasteiger partial charge in [0.15, 0.2) is 0 Å². The van der Waals surface area contributed by atoms with Gasteiger partial charge < -0.3 is 24.9 Å². The molecule has 0 radical (unpaired) electrons. The third-order valence-corrected chi connectivity index (χ3v) is 6.62. The monoisotopic (exact) mass is 422 g/mol. The largest absolute Gasteiger partial charge is 0.491 e. The summed E-state index contributed by atoms with van der Waals surface area (Å²) in [4.78, 5) is 8.70. The number of aliphatic hydroxyl groups is 1. The minimum absolute atomic E-state index is 0.0625. The predicted molar refractivity (Wildman–Crippen MR) is 120 cm³/mol. The van der Waals surface area contributed by atoms with Crippen molar-refractivity contribution in [2.75, 3.05) is 18.9 Å². The number of nitrogens with two attached hydrogens (primary N) is 1. The van der Waals surface area contributed by atoms with Gasteiger partial charge in [0.25, 0.3) is 0 Å². The van der Waals surface area contributed by atoms with E-state index in [4.69, 9.17) is 15.2 Å². The van der Waals surface area contributed by atoms with Gasteiger partial charge in [-0.15, -0.1) is 0 Å². The third-order valence-electron chi connectivity index (χ3n) is 6.62. The van der Waals surface area contributed by atoms with Crippen molar-refractivity contribution < 1.29 is 14.6 Å². The fourth-order valence-electron chi connectivity index (χ4n) is 4.83. The van der Waals surface area contributed by atoms with Crippen LogP contribution in [0.3, 0.4) is 0 Å². The Morgan fingerprint density at radius 2 is 2.10 bits per heavy atom. The predicted octanol–water partition coefficient (Wildman–Crippen LogP) is 3.96. The van der Waals surface area contributed by atoms with E-state index in [0.717, 1.165) is 53.7 Å². The molecule has 1 saturated heterocycles. The first-order chi connectivity index (χ1) is 14.9. The van der Waals surface area contributed by atoms with Crippen LogP contribution in [0.25, 0.3) is 22.3 Å². The lowest BCUT2D eigenvalue weighted by Crippen LogP contribution is -2.29. The van der Waals surface area contributed by atoms with Crippen molar-refractivity contribution in [3.63, 3.8) is 0 Å². The van der Waals surface area contributed by atoms with E-state index in [-0.39, 0.29) is 24.4 Å². The number of aromatic nitrogens is 3. The molecule has 0 spiro atoms. The second kappa shape index (κ2) is 7.80. The Morgan fingerprint density at radius 1 is 1.26 bits per heavy atom. The molecule has 0 bridgehead atoms. The highest BCUT2D eigenvalue weighted by Gasteiger charge is 2.33. The molecular formula is C24H30N4O3. The van der Waals surface area contributed by atoms with Crippen LogP contribution in [-0.2, 0) is 4.74 Å². The lowest BCUT2D eigenvalue weighted by molar-refractivity contribution is -0.0326. The zero-order chi connectivity index (χ0) is 21.6. The van der Waals surface area contributed by atoms with Crippen LogP contribution in [0.5, 0.6) is 5.75 Å². The summed E-state index contributed by atoms with van der Waals surface area (Å²) < 4.78 is 14.4. The van der Waals surface area contributed by atoms with Gasteiger partial charge in [0.05, 0.1) is 22.8 Å². The van der Waals surface area contributed by atoms with Crippen molar-refractivity contribution in [2.45, 2.75) is 57.3 Å². The van der Waals surface area contributed by atoms with Crippen LogP contribution in [0.4, 0.5) is 5.82 Å². The smallest absolute Gasteiger partial charge is 0.146 e. The van der Waals surface area contributed by atoms with Gasteiger partial charge in [0, 0.05) is 18.2 Å². The van der Waals surface area contributed by atoms with Crippen molar-refractivity contribution in [3.8, 4) is 17.0 Å². The molecule has 1 aliphatic carbocycles. The second-order valence-corrected chi connectivity index (χ2v) is 9.45. The molecule has 1 aliphatic heterocycles. The second-order valence-electron chi connectivity index (χ2n) is 9.45. The van der Waals surface area contributed by atoms with Crippen LogP contribution in [-0.4, -0.2) is 44.6 Å². The van der Waals surface area contributed by atoms with Gasteiger partial charge in [-0.25, -0.2) is 9.97 Å². The summed E-state index contributed by atoms with van der Waals surface area (Å²) in [6.45, 7) is 5.03. The summed E-state index contributed by atoms with van der Waals surface area (Å²) in [6, 6.07) is 10.5. The summed E-state index contributed by atoms with van der Waals surface area (Å²) in [5.41, 5.74) is 9.04. The number of fused-ring (bicyclic) bond motifs is 1. The molecule has 3 aromatic rings. The van der Waals surface area contributed by atoms with Crippen LogP contribution in [0, 0.1) is 5.92 Å². The highest BCUT2D eigenvalue weighted by Crippen LogP contribution is 2.43. The molecule has 2 fully saturated rings. The average molecular weight is 423 g/mol. The SMILES string of the molecule is CC1(C)CCC(COc2cccc(-c3cc4c(N)ncnc4n3[C@H]3C[C@@H](CO)C3)c2)O1. The standard InChI is InChI=1S/C24H30N4O3/c1-24(2)7-6-19(31-24)13-30-18-5-3-4-16(10-18)21-11-20-22(25)26-14-27-23(20)28(21)17-8-15(9-17)12-29/h3-5,10-11,14-15,17,19,29H,6-9,12-13H2,1-2H3,(H2,25,26,27)/t15-,17+,19?. The lowest BCUT2D eigenvalue weighted by atomic mass is 9.80. The number of hydrogen-bond donors (Lipinski definition) is 2. The first kappa shape index (κ1) is 20.3. The molecule has 31 heavy (non-hydrogen) atoms. The van der Waals surface area contributed by atoms with Crippen molar-refractivity contribution >= 4 is 16.9 Å². The number of aliphatic hydroxyl groups excluding tert-OH is 1. The fraction of sp³-hybridized carbons (Fsp3) is 0.500. The number of benzene rings is 1. The number of ether oxygens (including phenoxy) is 2. The van der Waals surface area contributed by atoms with Crippen molar-refractivity contribution in [1.29, 1.82) is 0 Å². The first-order valence-electron chi connectivity index (χ1n) is 11.1. The van der Waals surface area contributed by atoms with Gasteiger partial charge in [-0.3, -0.25) is 0 Å². The highest BCUT2D eigenvalue weighted by molar-refractivity contribution is 5.91. The topological polar surface area (TPSA) is 95.4 Å². The van der Waals surface area contributed by atoms with Crippen LogP contribution < -0.4 is 10.5 Å². The molecule has 1 unspecified atom stereocenters. The molecule has 164 valence electrons. The zero-order valence-corrected chi connectivity index (χ0v) is 18.1. The van der Waals surface area contributed by atoms with E-state index in [1.165, 1.54) is 6.33 Å². The molecule has 1 atom stereocenters. The van der Waals surface area contributed by atoms with E-state index in [1.807, 2.05) is 12.1 Å². The molecule has 7 nitrogen and oxygen atoms in total. The molecule has 2 aromatic heterocycles. The van der Waals surface area contributed by atoms with E-state index in [0.29, 0.717) is 18.3 Å².